The molecule has 0 aromatic carbocycles. The minimum Gasteiger partial charge on any atom is -0.330 e. The zero-order valence-electron chi connectivity index (χ0n) is 10.2. The molecule has 0 aliphatic carbocycles. The van der Waals surface area contributed by atoms with E-state index in [9.17, 15) is 0 Å². The number of nitrogens with zero attached hydrogens (tertiary/aromatic N) is 1. The van der Waals surface area contributed by atoms with Crippen molar-refractivity contribution in [2.45, 2.75) is 46.3 Å². The van der Waals surface area contributed by atoms with Crippen LogP contribution in [-0.4, -0.2) is 9.54 Å². The van der Waals surface area contributed by atoms with Crippen LogP contribution < -0.4 is 0 Å². The van der Waals surface area contributed by atoms with E-state index in [1.165, 1.54) is 11.1 Å². The van der Waals surface area contributed by atoms with Crippen LogP contribution in [0.1, 0.15) is 50.4 Å². The maximum absolute atomic E-state index is 8.84. The van der Waals surface area contributed by atoms with Gasteiger partial charge in [0.2, 0.25) is 0 Å². The van der Waals surface area contributed by atoms with Gasteiger partial charge in [0.25, 0.3) is 0 Å². The Morgan fingerprint density at radius 3 is 2.47 bits per heavy atom. The molecule has 86 valence electrons. The second-order valence-corrected chi connectivity index (χ2v) is 3.97. The molecule has 2 nitrogen and oxygen atoms in total. The molecule has 1 aromatic rings. The van der Waals surface area contributed by atoms with Crippen LogP contribution in [-0.2, 0) is 5.75 Å². The average molecular weight is 227 g/mol. The molecule has 0 aliphatic rings. The van der Waals surface area contributed by atoms with E-state index in [0.29, 0.717) is 11.7 Å². The van der Waals surface area contributed by atoms with E-state index >= 15 is 0 Å². The van der Waals surface area contributed by atoms with Crippen LogP contribution >= 0.6 is 12.0 Å². The van der Waals surface area contributed by atoms with Gasteiger partial charge in [0, 0.05) is 17.6 Å². The summed E-state index contributed by atoms with van der Waals surface area (Å²) in [6.07, 6.45) is 1.83. The van der Waals surface area contributed by atoms with Crippen molar-refractivity contribution in [3.05, 3.63) is 29.1 Å². The average Bonchev–Trinajstić information content (AvgIpc) is 2.24. The number of aromatic nitrogens is 1. The van der Waals surface area contributed by atoms with E-state index in [0.717, 1.165) is 17.7 Å². The third-order valence-corrected chi connectivity index (χ3v) is 2.50. The van der Waals surface area contributed by atoms with Crippen LogP contribution in [0.4, 0.5) is 0 Å². The zero-order chi connectivity index (χ0) is 11.8. The fraction of sp³-hybridized carbons (Fsp3) is 0.583. The molecule has 0 aliphatic heterocycles. The predicted octanol–water partition coefficient (Wildman–Crippen LogP) is 4.25. The lowest BCUT2D eigenvalue weighted by Gasteiger charge is -2.12. The monoisotopic (exact) mass is 227 g/mol. The van der Waals surface area contributed by atoms with Crippen LogP contribution in [0, 0.1) is 6.92 Å². The largest absolute Gasteiger partial charge is 0.330 e. The van der Waals surface area contributed by atoms with E-state index in [2.05, 4.69) is 25.8 Å². The van der Waals surface area contributed by atoms with Gasteiger partial charge in [-0.2, -0.15) is 0 Å². The van der Waals surface area contributed by atoms with Crippen LogP contribution in [0.5, 0.6) is 0 Å². The summed E-state index contributed by atoms with van der Waals surface area (Å²) >= 11 is 0.860. The van der Waals surface area contributed by atoms with E-state index in [4.69, 9.17) is 4.55 Å². The number of hydrogen-bond acceptors (Lipinski definition) is 3. The molecule has 0 saturated carbocycles. The van der Waals surface area contributed by atoms with Gasteiger partial charge in [0.1, 0.15) is 0 Å². The van der Waals surface area contributed by atoms with Gasteiger partial charge >= 0.3 is 0 Å². The summed E-state index contributed by atoms with van der Waals surface area (Å²) in [5.41, 5.74) is 3.48. The third kappa shape index (κ3) is 4.22. The molecule has 1 rings (SSSR count). The van der Waals surface area contributed by atoms with Crippen molar-refractivity contribution in [3.8, 4) is 0 Å². The first kappa shape index (κ1) is 14.5. The molecule has 1 aromatic heterocycles. The molecule has 0 bridgehead atoms. The molecule has 0 fully saturated rings. The summed E-state index contributed by atoms with van der Waals surface area (Å²) in [7, 11) is 0. The van der Waals surface area contributed by atoms with E-state index in [1.54, 1.807) is 0 Å². The Labute approximate surface area is 97.3 Å². The minimum absolute atomic E-state index is 0.419. The van der Waals surface area contributed by atoms with Gasteiger partial charge in [-0.25, -0.2) is 0 Å². The summed E-state index contributed by atoms with van der Waals surface area (Å²) in [5, 5.41) is 0. The second kappa shape index (κ2) is 7.71. The van der Waals surface area contributed by atoms with Crippen molar-refractivity contribution < 1.29 is 4.55 Å². The standard InChI is InChI=1S/C10H15NOS.C2H6/c1-7(2)10-9(6-13-12)8(3)4-5-11-10;1-2/h4-5,7,12H,6H2,1-3H3;1-2H3. The number of rotatable bonds is 3. The minimum atomic E-state index is 0.419. The maximum Gasteiger partial charge on any atom is 0.0472 e. The lowest BCUT2D eigenvalue weighted by molar-refractivity contribution is 0.662. The Morgan fingerprint density at radius 1 is 1.40 bits per heavy atom. The van der Waals surface area contributed by atoms with Crippen molar-refractivity contribution in [2.75, 3.05) is 0 Å². The van der Waals surface area contributed by atoms with Gasteiger partial charge in [-0.15, -0.1) is 0 Å². The van der Waals surface area contributed by atoms with Crippen LogP contribution in [0.25, 0.3) is 0 Å². The maximum atomic E-state index is 8.84. The topological polar surface area (TPSA) is 33.1 Å². The fourth-order valence-electron chi connectivity index (χ4n) is 1.36. The Balaban J connectivity index is 0.000000921. The van der Waals surface area contributed by atoms with Gasteiger partial charge in [-0.1, -0.05) is 27.7 Å². The first-order valence-electron chi connectivity index (χ1n) is 5.37. The van der Waals surface area contributed by atoms with Crippen LogP contribution in [0.3, 0.4) is 0 Å². The second-order valence-electron chi connectivity index (χ2n) is 3.42. The summed E-state index contributed by atoms with van der Waals surface area (Å²) < 4.78 is 8.84. The molecule has 0 spiro atoms. The number of aryl methyl sites for hydroxylation is 1. The van der Waals surface area contributed by atoms with Gasteiger partial charge in [0.15, 0.2) is 0 Å². The molecule has 1 heterocycles. The van der Waals surface area contributed by atoms with Gasteiger partial charge in [-0.3, -0.25) is 4.98 Å². The lowest BCUT2D eigenvalue weighted by atomic mass is 10.0. The molecule has 0 amide bonds. The molecule has 1 N–H and O–H groups in total. The Hall–Kier alpha value is -0.540. The SMILES string of the molecule is CC.Cc1ccnc(C(C)C)c1CSO. The number of pyridine rings is 1. The summed E-state index contributed by atoms with van der Waals surface area (Å²) in [6.45, 7) is 10.3. The van der Waals surface area contributed by atoms with Crippen molar-refractivity contribution in [2.24, 2.45) is 0 Å². The van der Waals surface area contributed by atoms with Crippen molar-refractivity contribution in [1.29, 1.82) is 0 Å². The molecule has 0 atom stereocenters. The summed E-state index contributed by atoms with van der Waals surface area (Å²) in [6, 6.07) is 1.98. The van der Waals surface area contributed by atoms with Crippen molar-refractivity contribution >= 4 is 12.0 Å². The van der Waals surface area contributed by atoms with Gasteiger partial charge in [0.05, 0.1) is 0 Å². The van der Waals surface area contributed by atoms with Crippen LogP contribution in [0.2, 0.25) is 0 Å². The molecule has 3 heteroatoms. The van der Waals surface area contributed by atoms with Gasteiger partial charge < -0.3 is 4.55 Å². The molecule has 0 radical (unpaired) electrons. The lowest BCUT2D eigenvalue weighted by Crippen LogP contribution is -2.01. The highest BCUT2D eigenvalue weighted by molar-refractivity contribution is 7.92. The van der Waals surface area contributed by atoms with Gasteiger partial charge in [-0.05, 0) is 42.1 Å². The molecular weight excluding hydrogens is 206 g/mol. The quantitative estimate of drug-likeness (QED) is 0.784. The Kier molecular flexibility index (Phi) is 7.44. The van der Waals surface area contributed by atoms with E-state index in [1.807, 2.05) is 26.1 Å². The first-order chi connectivity index (χ1) is 7.16. The van der Waals surface area contributed by atoms with Crippen LogP contribution in [0.15, 0.2) is 12.3 Å². The molecule has 15 heavy (non-hydrogen) atoms. The molecule has 0 unspecified atom stereocenters. The zero-order valence-corrected chi connectivity index (χ0v) is 11.1. The fourth-order valence-corrected chi connectivity index (χ4v) is 1.86. The third-order valence-electron chi connectivity index (χ3n) is 2.08. The summed E-state index contributed by atoms with van der Waals surface area (Å²) in [4.78, 5) is 4.33. The highest BCUT2D eigenvalue weighted by Gasteiger charge is 2.09. The smallest absolute Gasteiger partial charge is 0.0472 e. The highest BCUT2D eigenvalue weighted by Crippen LogP contribution is 2.22. The van der Waals surface area contributed by atoms with Crippen molar-refractivity contribution in [1.82, 2.24) is 4.98 Å². The van der Waals surface area contributed by atoms with Crippen molar-refractivity contribution in [3.63, 3.8) is 0 Å². The first-order valence-corrected chi connectivity index (χ1v) is 6.31. The number of hydrogen-bond donors (Lipinski definition) is 1. The predicted molar refractivity (Wildman–Crippen MR) is 68.3 cm³/mol. The normalized spacial score (nSPS) is 9.80. The van der Waals surface area contributed by atoms with E-state index in [-0.39, 0.29) is 0 Å². The molecule has 0 saturated heterocycles. The summed E-state index contributed by atoms with van der Waals surface area (Å²) in [5.74, 6) is 1.05. The molecular formula is C12H21NOS. The van der Waals surface area contributed by atoms with E-state index < -0.39 is 0 Å². The highest BCUT2D eigenvalue weighted by atomic mass is 32.2. The Morgan fingerprint density at radius 2 is 2.00 bits per heavy atom. The Bertz CT molecular complexity index is 287.